The highest BCUT2D eigenvalue weighted by molar-refractivity contribution is 6.00. The first-order valence-corrected chi connectivity index (χ1v) is 8.27. The number of ketones is 1. The molecular formula is C19H18N2O5. The zero-order valence-electron chi connectivity index (χ0n) is 14.3. The van der Waals surface area contributed by atoms with E-state index in [2.05, 4.69) is 0 Å². The molecule has 0 bridgehead atoms. The molecule has 0 spiro atoms. The summed E-state index contributed by atoms with van der Waals surface area (Å²) < 4.78 is 5.47. The predicted molar refractivity (Wildman–Crippen MR) is 95.7 cm³/mol. The molecule has 1 heterocycles. The maximum Gasteiger partial charge on any atom is 0.272 e. The lowest BCUT2D eigenvalue weighted by molar-refractivity contribution is -0.385. The number of benzene rings is 2. The Hall–Kier alpha value is -3.22. The Kier molecular flexibility index (Phi) is 4.97. The van der Waals surface area contributed by atoms with Crippen LogP contribution in [0.3, 0.4) is 0 Å². The van der Waals surface area contributed by atoms with Gasteiger partial charge in [-0.2, -0.15) is 0 Å². The van der Waals surface area contributed by atoms with Crippen molar-refractivity contribution >= 4 is 23.1 Å². The average Bonchev–Trinajstić information content (AvgIpc) is 3.05. The van der Waals surface area contributed by atoms with Crippen molar-refractivity contribution in [3.05, 3.63) is 63.7 Å². The molecule has 1 aliphatic heterocycles. The van der Waals surface area contributed by atoms with Crippen molar-refractivity contribution in [1.29, 1.82) is 0 Å². The minimum absolute atomic E-state index is 0.00616. The number of nitrogens with zero attached hydrogens (tertiary/aromatic N) is 2. The number of amides is 1. The number of carbonyl (C=O) groups is 2. The number of carbonyl (C=O) groups excluding carboxylic acids is 2. The first-order valence-electron chi connectivity index (χ1n) is 8.27. The van der Waals surface area contributed by atoms with Gasteiger partial charge in [0.2, 0.25) is 5.91 Å². The second-order valence-corrected chi connectivity index (χ2v) is 6.12. The van der Waals surface area contributed by atoms with E-state index in [0.717, 1.165) is 6.42 Å². The molecule has 0 atom stereocenters. The van der Waals surface area contributed by atoms with Gasteiger partial charge in [-0.1, -0.05) is 12.1 Å². The van der Waals surface area contributed by atoms with Crippen LogP contribution in [0.5, 0.6) is 5.75 Å². The fraction of sp³-hybridized carbons (Fsp3) is 0.263. The average molecular weight is 354 g/mol. The summed E-state index contributed by atoms with van der Waals surface area (Å²) in [5.41, 5.74) is 1.64. The van der Waals surface area contributed by atoms with Crippen LogP contribution in [-0.2, 0) is 4.79 Å². The maximum atomic E-state index is 12.4. The quantitative estimate of drug-likeness (QED) is 0.451. The first-order chi connectivity index (χ1) is 12.5. The lowest BCUT2D eigenvalue weighted by atomic mass is 10.1. The van der Waals surface area contributed by atoms with Crippen LogP contribution in [0.4, 0.5) is 11.4 Å². The lowest BCUT2D eigenvalue weighted by Crippen LogP contribution is -2.24. The Morgan fingerprint density at radius 3 is 2.73 bits per heavy atom. The van der Waals surface area contributed by atoms with Crippen molar-refractivity contribution in [1.82, 2.24) is 0 Å². The van der Waals surface area contributed by atoms with Crippen molar-refractivity contribution in [2.45, 2.75) is 19.8 Å². The van der Waals surface area contributed by atoms with Gasteiger partial charge in [-0.15, -0.1) is 0 Å². The molecule has 0 radical (unpaired) electrons. The normalized spacial score (nSPS) is 13.7. The van der Waals surface area contributed by atoms with E-state index in [1.807, 2.05) is 0 Å². The molecule has 2 aromatic carbocycles. The summed E-state index contributed by atoms with van der Waals surface area (Å²) in [6.45, 7) is 2.09. The molecule has 3 rings (SSSR count). The Balaban J connectivity index is 1.68. The number of aryl methyl sites for hydroxylation is 1. The number of hydrogen-bond donors (Lipinski definition) is 0. The van der Waals surface area contributed by atoms with Gasteiger partial charge in [0.1, 0.15) is 5.75 Å². The van der Waals surface area contributed by atoms with Crippen molar-refractivity contribution < 1.29 is 19.2 Å². The van der Waals surface area contributed by atoms with E-state index in [4.69, 9.17) is 4.74 Å². The molecule has 1 amide bonds. The molecule has 26 heavy (non-hydrogen) atoms. The summed E-state index contributed by atoms with van der Waals surface area (Å²) in [6.07, 6.45) is 1.35. The summed E-state index contributed by atoms with van der Waals surface area (Å²) in [6, 6.07) is 11.3. The Bertz CT molecular complexity index is 878. The van der Waals surface area contributed by atoms with E-state index in [0.29, 0.717) is 35.5 Å². The molecule has 1 fully saturated rings. The van der Waals surface area contributed by atoms with E-state index in [-0.39, 0.29) is 24.0 Å². The molecular weight excluding hydrogens is 336 g/mol. The monoisotopic (exact) mass is 354 g/mol. The summed E-state index contributed by atoms with van der Waals surface area (Å²) in [5.74, 6) is 0.231. The predicted octanol–water partition coefficient (Wildman–Crippen LogP) is 3.29. The van der Waals surface area contributed by atoms with Crippen LogP contribution < -0.4 is 9.64 Å². The molecule has 7 nitrogen and oxygen atoms in total. The molecule has 2 aromatic rings. The second-order valence-electron chi connectivity index (χ2n) is 6.12. The van der Waals surface area contributed by atoms with Crippen LogP contribution in [0.15, 0.2) is 42.5 Å². The third-order valence-corrected chi connectivity index (χ3v) is 4.29. The highest BCUT2D eigenvalue weighted by atomic mass is 16.6. The zero-order chi connectivity index (χ0) is 18.7. The van der Waals surface area contributed by atoms with Gasteiger partial charge in [0.25, 0.3) is 5.69 Å². The molecule has 0 N–H and O–H groups in total. The number of hydrogen-bond acceptors (Lipinski definition) is 5. The van der Waals surface area contributed by atoms with Crippen LogP contribution in [0, 0.1) is 17.0 Å². The largest absolute Gasteiger partial charge is 0.485 e. The van der Waals surface area contributed by atoms with Gasteiger partial charge >= 0.3 is 0 Å². The Labute approximate surface area is 150 Å². The van der Waals surface area contributed by atoms with E-state index >= 15 is 0 Å². The van der Waals surface area contributed by atoms with Crippen molar-refractivity contribution in [3.63, 3.8) is 0 Å². The number of ether oxygens (including phenoxy) is 1. The number of anilines is 1. The summed E-state index contributed by atoms with van der Waals surface area (Å²) >= 11 is 0. The smallest absolute Gasteiger partial charge is 0.272 e. The fourth-order valence-electron chi connectivity index (χ4n) is 2.92. The number of nitro benzene ring substituents is 1. The van der Waals surface area contributed by atoms with E-state index < -0.39 is 4.92 Å². The van der Waals surface area contributed by atoms with Crippen LogP contribution in [0.1, 0.15) is 28.8 Å². The topological polar surface area (TPSA) is 89.8 Å². The third kappa shape index (κ3) is 3.72. The molecule has 134 valence electrons. The van der Waals surface area contributed by atoms with Gasteiger partial charge in [0.15, 0.2) is 12.4 Å². The van der Waals surface area contributed by atoms with Gasteiger partial charge in [0.05, 0.1) is 4.92 Å². The molecule has 7 heteroatoms. The number of rotatable bonds is 6. The third-order valence-electron chi connectivity index (χ3n) is 4.29. The van der Waals surface area contributed by atoms with Gasteiger partial charge in [-0.3, -0.25) is 19.7 Å². The number of nitro groups is 1. The molecule has 0 aromatic heterocycles. The Morgan fingerprint density at radius 2 is 2.08 bits per heavy atom. The highest BCUT2D eigenvalue weighted by Crippen LogP contribution is 2.24. The van der Waals surface area contributed by atoms with Crippen LogP contribution in [-0.4, -0.2) is 29.8 Å². The summed E-state index contributed by atoms with van der Waals surface area (Å²) in [7, 11) is 0. The van der Waals surface area contributed by atoms with E-state index in [1.165, 1.54) is 18.2 Å². The minimum Gasteiger partial charge on any atom is -0.485 e. The van der Waals surface area contributed by atoms with E-state index in [9.17, 15) is 19.7 Å². The molecule has 1 aliphatic rings. The van der Waals surface area contributed by atoms with Gasteiger partial charge in [-0.25, -0.2) is 0 Å². The standard InChI is InChI=1S/C19H18N2O5/c1-13-10-16(7-8-17(13)21(24)25)26-12-18(22)14-4-2-5-15(11-14)20-9-3-6-19(20)23/h2,4-5,7-8,10-11H,3,6,9,12H2,1H3. The van der Waals surface area contributed by atoms with Crippen LogP contribution in [0.2, 0.25) is 0 Å². The van der Waals surface area contributed by atoms with Crippen molar-refractivity contribution in [3.8, 4) is 5.75 Å². The Morgan fingerprint density at radius 1 is 1.27 bits per heavy atom. The van der Waals surface area contributed by atoms with Crippen LogP contribution >= 0.6 is 0 Å². The molecule has 0 saturated carbocycles. The van der Waals surface area contributed by atoms with Gasteiger partial charge < -0.3 is 9.64 Å². The minimum atomic E-state index is -0.463. The highest BCUT2D eigenvalue weighted by Gasteiger charge is 2.22. The first kappa shape index (κ1) is 17.6. The molecule has 1 saturated heterocycles. The second kappa shape index (κ2) is 7.35. The molecule has 0 aliphatic carbocycles. The lowest BCUT2D eigenvalue weighted by Gasteiger charge is -2.16. The van der Waals surface area contributed by atoms with Crippen molar-refractivity contribution in [2.24, 2.45) is 0 Å². The molecule has 0 unspecified atom stereocenters. The van der Waals surface area contributed by atoms with Crippen LogP contribution in [0.25, 0.3) is 0 Å². The SMILES string of the molecule is Cc1cc(OCC(=O)c2cccc(N3CCCC3=O)c2)ccc1[N+](=O)[O-]. The van der Waals surface area contributed by atoms with Crippen molar-refractivity contribution in [2.75, 3.05) is 18.1 Å². The summed E-state index contributed by atoms with van der Waals surface area (Å²) in [4.78, 5) is 36.3. The number of Topliss-reactive ketones (excluding diaryl/α,β-unsaturated/α-hetero) is 1. The zero-order valence-corrected chi connectivity index (χ0v) is 14.3. The van der Waals surface area contributed by atoms with Gasteiger partial charge in [0, 0.05) is 35.8 Å². The maximum absolute atomic E-state index is 12.4. The van der Waals surface area contributed by atoms with Gasteiger partial charge in [-0.05, 0) is 37.6 Å². The van der Waals surface area contributed by atoms with E-state index in [1.54, 1.807) is 36.1 Å². The summed E-state index contributed by atoms with van der Waals surface area (Å²) in [5, 5.41) is 10.8. The fourth-order valence-corrected chi connectivity index (χ4v) is 2.92.